The Labute approximate surface area is 202 Å². The van der Waals surface area contributed by atoms with Crippen LogP contribution in [0.15, 0.2) is 59.5 Å². The molecule has 0 spiro atoms. The molecule has 2 aromatic carbocycles. The molecule has 1 aliphatic rings. The third-order valence-electron chi connectivity index (χ3n) is 5.59. The summed E-state index contributed by atoms with van der Waals surface area (Å²) in [4.78, 5) is 25.2. The zero-order valence-electron chi connectivity index (χ0n) is 18.6. The van der Waals surface area contributed by atoms with Gasteiger partial charge in [0, 0.05) is 24.7 Å². The highest BCUT2D eigenvalue weighted by Crippen LogP contribution is 2.24. The number of benzene rings is 2. The average Bonchev–Trinajstić information content (AvgIpc) is 3.33. The fraction of sp³-hybridized carbons (Fsp3) is 0.304. The van der Waals surface area contributed by atoms with Crippen LogP contribution >= 0.6 is 11.3 Å². The number of nitrogens with zero attached hydrogens (tertiary/aromatic N) is 3. The lowest BCUT2D eigenvalue weighted by Gasteiger charge is -2.30. The number of hydrogen-bond acceptors (Lipinski definition) is 7. The Morgan fingerprint density at radius 1 is 1.03 bits per heavy atom. The molecule has 1 saturated heterocycles. The van der Waals surface area contributed by atoms with Gasteiger partial charge in [-0.1, -0.05) is 47.2 Å². The second-order valence-corrected chi connectivity index (χ2v) is 11.0. The van der Waals surface area contributed by atoms with Crippen molar-refractivity contribution in [3.8, 4) is 0 Å². The Kier molecular flexibility index (Phi) is 7.35. The van der Waals surface area contributed by atoms with Crippen molar-refractivity contribution in [1.82, 2.24) is 19.8 Å². The first-order valence-corrected chi connectivity index (χ1v) is 13.1. The van der Waals surface area contributed by atoms with Crippen LogP contribution in [0.25, 0.3) is 0 Å². The average molecular weight is 500 g/mol. The van der Waals surface area contributed by atoms with Crippen LogP contribution in [0.3, 0.4) is 0 Å². The molecule has 2 amide bonds. The number of rotatable bonds is 7. The monoisotopic (exact) mass is 499 g/mol. The van der Waals surface area contributed by atoms with Crippen molar-refractivity contribution >= 4 is 38.9 Å². The van der Waals surface area contributed by atoms with Gasteiger partial charge in [-0.15, -0.1) is 10.2 Å². The second-order valence-electron chi connectivity index (χ2n) is 8.03. The molecular formula is C23H25N5O4S2. The Morgan fingerprint density at radius 2 is 1.71 bits per heavy atom. The summed E-state index contributed by atoms with van der Waals surface area (Å²) in [5, 5.41) is 14.2. The minimum Gasteiger partial charge on any atom is -0.349 e. The number of para-hydroxylation sites is 1. The quantitative estimate of drug-likeness (QED) is 0.516. The SMILES string of the molecule is Cc1ccc(S(=O)(=O)N2CCC(C(=O)NCc3nnc(C(=O)Nc4ccccc4)s3)CC2)cc1. The molecule has 1 fully saturated rings. The van der Waals surface area contributed by atoms with E-state index in [1.54, 1.807) is 36.4 Å². The molecule has 2 heterocycles. The van der Waals surface area contributed by atoms with Gasteiger partial charge in [-0.3, -0.25) is 9.59 Å². The predicted molar refractivity (Wildman–Crippen MR) is 129 cm³/mol. The Balaban J connectivity index is 1.26. The van der Waals surface area contributed by atoms with E-state index in [9.17, 15) is 18.0 Å². The van der Waals surface area contributed by atoms with Crippen LogP contribution in [0, 0.1) is 12.8 Å². The normalized spacial score (nSPS) is 15.1. The Morgan fingerprint density at radius 3 is 2.38 bits per heavy atom. The molecule has 0 bridgehead atoms. The molecule has 4 rings (SSSR count). The molecule has 1 aromatic heterocycles. The minimum atomic E-state index is -3.56. The molecule has 178 valence electrons. The van der Waals surface area contributed by atoms with Crippen molar-refractivity contribution in [3.05, 3.63) is 70.2 Å². The summed E-state index contributed by atoms with van der Waals surface area (Å²) < 4.78 is 27.1. The molecule has 0 atom stereocenters. The molecule has 9 nitrogen and oxygen atoms in total. The molecule has 0 unspecified atom stereocenters. The van der Waals surface area contributed by atoms with Crippen LogP contribution < -0.4 is 10.6 Å². The standard InChI is InChI=1S/C23H25N5O4S2/c1-16-7-9-19(10-8-16)34(31,32)28-13-11-17(12-14-28)21(29)24-15-20-26-27-23(33-20)22(30)25-18-5-3-2-4-6-18/h2-10,17H,11-15H2,1H3,(H,24,29)(H,25,30). The maximum absolute atomic E-state index is 12.8. The van der Waals surface area contributed by atoms with Gasteiger partial charge in [-0.2, -0.15) is 4.31 Å². The minimum absolute atomic E-state index is 0.155. The number of sulfonamides is 1. The van der Waals surface area contributed by atoms with Gasteiger partial charge in [0.15, 0.2) is 0 Å². The van der Waals surface area contributed by atoms with Crippen molar-refractivity contribution in [3.63, 3.8) is 0 Å². The van der Waals surface area contributed by atoms with Crippen molar-refractivity contribution in [2.45, 2.75) is 31.2 Å². The van der Waals surface area contributed by atoms with Crippen LogP contribution in [0.1, 0.15) is 33.2 Å². The van der Waals surface area contributed by atoms with E-state index in [1.807, 2.05) is 25.1 Å². The number of aromatic nitrogens is 2. The fourth-order valence-electron chi connectivity index (χ4n) is 3.65. The number of piperidine rings is 1. The van der Waals surface area contributed by atoms with Crippen LogP contribution in [0.2, 0.25) is 0 Å². The highest BCUT2D eigenvalue weighted by Gasteiger charge is 2.32. The molecule has 0 radical (unpaired) electrons. The molecule has 3 aromatic rings. The van der Waals surface area contributed by atoms with Gasteiger partial charge in [0.25, 0.3) is 5.91 Å². The van der Waals surface area contributed by atoms with Crippen LogP contribution in [0.5, 0.6) is 0 Å². The van der Waals surface area contributed by atoms with Crippen molar-refractivity contribution in [2.75, 3.05) is 18.4 Å². The summed E-state index contributed by atoms with van der Waals surface area (Å²) in [6.45, 7) is 2.65. The number of nitrogens with one attached hydrogen (secondary N) is 2. The lowest BCUT2D eigenvalue weighted by atomic mass is 9.97. The van der Waals surface area contributed by atoms with Crippen LogP contribution in [0.4, 0.5) is 5.69 Å². The highest BCUT2D eigenvalue weighted by atomic mass is 32.2. The second kappa shape index (κ2) is 10.4. The maximum Gasteiger partial charge on any atom is 0.286 e. The van der Waals surface area contributed by atoms with Gasteiger partial charge in [0.2, 0.25) is 20.9 Å². The van der Waals surface area contributed by atoms with Crippen molar-refractivity contribution < 1.29 is 18.0 Å². The number of amides is 2. The van der Waals surface area contributed by atoms with E-state index in [-0.39, 0.29) is 47.3 Å². The van der Waals surface area contributed by atoms with Crippen molar-refractivity contribution in [1.29, 1.82) is 0 Å². The fourth-order valence-corrected chi connectivity index (χ4v) is 5.79. The molecular weight excluding hydrogens is 474 g/mol. The third-order valence-corrected chi connectivity index (χ3v) is 8.42. The Bertz CT molecular complexity index is 1250. The molecule has 34 heavy (non-hydrogen) atoms. The predicted octanol–water partition coefficient (Wildman–Crippen LogP) is 2.82. The zero-order chi connectivity index (χ0) is 24.1. The molecule has 2 N–H and O–H groups in total. The molecule has 0 aliphatic carbocycles. The summed E-state index contributed by atoms with van der Waals surface area (Å²) in [6.07, 6.45) is 0.884. The van der Waals surface area contributed by atoms with Gasteiger partial charge in [-0.25, -0.2) is 8.42 Å². The van der Waals surface area contributed by atoms with E-state index in [2.05, 4.69) is 20.8 Å². The summed E-state index contributed by atoms with van der Waals surface area (Å²) in [6, 6.07) is 15.8. The van der Waals surface area contributed by atoms with Crippen LogP contribution in [-0.4, -0.2) is 47.8 Å². The number of anilines is 1. The highest BCUT2D eigenvalue weighted by molar-refractivity contribution is 7.89. The molecule has 11 heteroatoms. The first-order chi connectivity index (χ1) is 16.3. The van der Waals surface area contributed by atoms with E-state index in [1.165, 1.54) is 4.31 Å². The van der Waals surface area contributed by atoms with E-state index in [0.29, 0.717) is 23.5 Å². The van der Waals surface area contributed by atoms with E-state index < -0.39 is 10.0 Å². The van der Waals surface area contributed by atoms with Gasteiger partial charge in [0.05, 0.1) is 11.4 Å². The number of aryl methyl sites for hydroxylation is 1. The van der Waals surface area contributed by atoms with Gasteiger partial charge in [0.1, 0.15) is 5.01 Å². The van der Waals surface area contributed by atoms with E-state index >= 15 is 0 Å². The van der Waals surface area contributed by atoms with Crippen molar-refractivity contribution in [2.24, 2.45) is 5.92 Å². The largest absolute Gasteiger partial charge is 0.349 e. The smallest absolute Gasteiger partial charge is 0.286 e. The van der Waals surface area contributed by atoms with E-state index in [0.717, 1.165) is 16.9 Å². The van der Waals surface area contributed by atoms with Gasteiger partial charge < -0.3 is 10.6 Å². The number of hydrogen-bond donors (Lipinski definition) is 2. The molecule has 0 saturated carbocycles. The van der Waals surface area contributed by atoms with E-state index in [4.69, 9.17) is 0 Å². The summed E-state index contributed by atoms with van der Waals surface area (Å²) in [5.74, 6) is -0.792. The summed E-state index contributed by atoms with van der Waals surface area (Å²) in [7, 11) is -3.56. The zero-order valence-corrected chi connectivity index (χ0v) is 20.2. The summed E-state index contributed by atoms with van der Waals surface area (Å²) in [5.41, 5.74) is 1.65. The topological polar surface area (TPSA) is 121 Å². The first-order valence-electron chi connectivity index (χ1n) is 10.9. The number of carbonyl (C=O) groups excluding carboxylic acids is 2. The van der Waals surface area contributed by atoms with Gasteiger partial charge in [-0.05, 0) is 44.0 Å². The lowest BCUT2D eigenvalue weighted by Crippen LogP contribution is -2.42. The molecule has 1 aliphatic heterocycles. The van der Waals surface area contributed by atoms with Crippen LogP contribution in [-0.2, 0) is 21.4 Å². The Hall–Kier alpha value is -3.15. The maximum atomic E-state index is 12.8. The van der Waals surface area contributed by atoms with Gasteiger partial charge >= 0.3 is 0 Å². The lowest BCUT2D eigenvalue weighted by molar-refractivity contribution is -0.126. The third kappa shape index (κ3) is 5.66. The summed E-state index contributed by atoms with van der Waals surface area (Å²) >= 11 is 1.11. The number of carbonyl (C=O) groups is 2. The first kappa shape index (κ1) is 24.0.